The molecule has 0 atom stereocenters. The number of alkyl halides is 3. The highest BCUT2D eigenvalue weighted by Gasteiger charge is 2.31. The summed E-state index contributed by atoms with van der Waals surface area (Å²) in [5.74, 6) is -1.26. The molecule has 15 heteroatoms. The van der Waals surface area contributed by atoms with Gasteiger partial charge in [0.1, 0.15) is 16.4 Å². The summed E-state index contributed by atoms with van der Waals surface area (Å²) in [6, 6.07) is 7.22. The van der Waals surface area contributed by atoms with E-state index in [9.17, 15) is 34.8 Å². The Balaban J connectivity index is 1.96. The molecule has 2 rings (SSSR count). The van der Waals surface area contributed by atoms with Crippen molar-refractivity contribution >= 4 is 31.6 Å². The fraction of sp³-hybridized carbons (Fsp3) is 0.235. The number of nitrogens with two attached hydrogens (primary N) is 1. The number of halogens is 3. The Bertz CT molecular complexity index is 1180. The lowest BCUT2D eigenvalue weighted by Crippen LogP contribution is -2.28. The summed E-state index contributed by atoms with van der Waals surface area (Å²) in [7, 11) is -6.99. The molecule has 0 aromatic heterocycles. The maximum absolute atomic E-state index is 12.2. The molecule has 0 saturated heterocycles. The van der Waals surface area contributed by atoms with E-state index in [0.29, 0.717) is 0 Å². The van der Waals surface area contributed by atoms with Gasteiger partial charge in [0.25, 0.3) is 0 Å². The number of primary sulfonamides is 1. The van der Waals surface area contributed by atoms with Crippen LogP contribution in [-0.2, 0) is 24.8 Å². The van der Waals surface area contributed by atoms with Crippen molar-refractivity contribution in [3.63, 3.8) is 0 Å². The molecule has 0 unspecified atom stereocenters. The van der Waals surface area contributed by atoms with Crippen LogP contribution in [0.4, 0.5) is 18.9 Å². The van der Waals surface area contributed by atoms with Crippen LogP contribution >= 0.6 is 0 Å². The Kier molecular flexibility index (Phi) is 7.71. The molecule has 2 aromatic rings. The Hall–Kier alpha value is -2.88. The van der Waals surface area contributed by atoms with Gasteiger partial charge in [0.15, 0.2) is 0 Å². The molecule has 2 aromatic carbocycles. The van der Waals surface area contributed by atoms with Crippen LogP contribution in [0.2, 0.25) is 0 Å². The fourth-order valence-electron chi connectivity index (χ4n) is 2.40. The molecule has 0 bridgehead atoms. The van der Waals surface area contributed by atoms with Crippen LogP contribution in [0, 0.1) is 0 Å². The van der Waals surface area contributed by atoms with E-state index < -0.39 is 38.1 Å². The second-order valence-electron chi connectivity index (χ2n) is 6.13. The molecule has 176 valence electrons. The van der Waals surface area contributed by atoms with Crippen molar-refractivity contribution in [2.45, 2.75) is 22.6 Å². The average Bonchev–Trinajstić information content (AvgIpc) is 2.66. The predicted molar refractivity (Wildman–Crippen MR) is 106 cm³/mol. The Morgan fingerprint density at radius 1 is 1.06 bits per heavy atom. The number of amides is 1. The van der Waals surface area contributed by atoms with Crippen LogP contribution in [0.15, 0.2) is 52.3 Å². The lowest BCUT2D eigenvalue weighted by atomic mass is 10.3. The van der Waals surface area contributed by atoms with Crippen LogP contribution in [0.5, 0.6) is 11.5 Å². The van der Waals surface area contributed by atoms with E-state index in [-0.39, 0.29) is 34.2 Å². The molecule has 32 heavy (non-hydrogen) atoms. The maximum atomic E-state index is 12.2. The van der Waals surface area contributed by atoms with Gasteiger partial charge in [-0.25, -0.2) is 26.7 Å². The van der Waals surface area contributed by atoms with Gasteiger partial charge in [0, 0.05) is 18.7 Å². The number of benzene rings is 2. The van der Waals surface area contributed by atoms with E-state index in [1.165, 1.54) is 19.2 Å². The van der Waals surface area contributed by atoms with E-state index in [1.807, 2.05) is 0 Å². The molecule has 0 radical (unpaired) electrons. The van der Waals surface area contributed by atoms with Gasteiger partial charge in [-0.2, -0.15) is 0 Å². The second kappa shape index (κ2) is 9.72. The molecule has 4 N–H and O–H groups in total. The summed E-state index contributed by atoms with van der Waals surface area (Å²) in [6.45, 7) is -0.340. The predicted octanol–water partition coefficient (Wildman–Crippen LogP) is 1.55. The fourth-order valence-corrected chi connectivity index (χ4v) is 4.16. The number of hydrogen-bond acceptors (Lipinski definition) is 7. The van der Waals surface area contributed by atoms with Crippen molar-refractivity contribution in [2.75, 3.05) is 19.0 Å². The number of ether oxygens (including phenoxy) is 2. The van der Waals surface area contributed by atoms with Crippen LogP contribution < -0.4 is 24.7 Å². The van der Waals surface area contributed by atoms with Gasteiger partial charge < -0.3 is 14.8 Å². The first-order chi connectivity index (χ1) is 14.7. The number of rotatable bonds is 9. The lowest BCUT2D eigenvalue weighted by molar-refractivity contribution is -0.274. The van der Waals surface area contributed by atoms with Gasteiger partial charge in [-0.1, -0.05) is 0 Å². The van der Waals surface area contributed by atoms with Crippen molar-refractivity contribution in [1.29, 1.82) is 0 Å². The number of sulfonamides is 2. The van der Waals surface area contributed by atoms with Gasteiger partial charge in [-0.3, -0.25) is 4.79 Å². The molecule has 0 aliphatic carbocycles. The second-order valence-corrected chi connectivity index (χ2v) is 9.42. The minimum Gasteiger partial charge on any atom is -0.495 e. The third-order valence-electron chi connectivity index (χ3n) is 3.77. The number of hydrogen-bond donors (Lipinski definition) is 3. The number of carbonyl (C=O) groups is 1. The number of carbonyl (C=O) groups excluding carboxylic acids is 1. The SMILES string of the molecule is COc1ccc(NC(=O)CCNS(=O)(=O)c2ccc(OC(F)(F)F)cc2)cc1S(N)(=O)=O. The first-order valence-corrected chi connectivity index (χ1v) is 11.6. The zero-order valence-corrected chi connectivity index (χ0v) is 18.0. The van der Waals surface area contributed by atoms with Crippen molar-refractivity contribution in [3.8, 4) is 11.5 Å². The molecule has 0 saturated carbocycles. The molecule has 0 heterocycles. The van der Waals surface area contributed by atoms with E-state index in [0.717, 1.165) is 30.3 Å². The molecular weight excluding hydrogens is 479 g/mol. The van der Waals surface area contributed by atoms with Crippen molar-refractivity contribution in [3.05, 3.63) is 42.5 Å². The largest absolute Gasteiger partial charge is 0.573 e. The zero-order chi connectivity index (χ0) is 24.2. The normalized spacial score (nSPS) is 12.3. The highest BCUT2D eigenvalue weighted by Crippen LogP contribution is 2.26. The van der Waals surface area contributed by atoms with Crippen molar-refractivity contribution in [2.24, 2.45) is 5.14 Å². The van der Waals surface area contributed by atoms with Gasteiger partial charge in [0.05, 0.1) is 12.0 Å². The topological polar surface area (TPSA) is 154 Å². The van der Waals surface area contributed by atoms with E-state index in [4.69, 9.17) is 9.88 Å². The quantitative estimate of drug-likeness (QED) is 0.475. The molecule has 0 fully saturated rings. The summed E-state index contributed by atoms with van der Waals surface area (Å²) in [5.41, 5.74) is 0.0861. The highest BCUT2D eigenvalue weighted by molar-refractivity contribution is 7.89. The summed E-state index contributed by atoms with van der Waals surface area (Å²) in [5, 5.41) is 7.48. The maximum Gasteiger partial charge on any atom is 0.573 e. The molecule has 0 aliphatic rings. The smallest absolute Gasteiger partial charge is 0.495 e. The van der Waals surface area contributed by atoms with Crippen LogP contribution in [-0.4, -0.2) is 42.8 Å². The molecule has 0 spiro atoms. The van der Waals surface area contributed by atoms with Crippen LogP contribution in [0.3, 0.4) is 0 Å². The van der Waals surface area contributed by atoms with E-state index in [1.54, 1.807) is 0 Å². The minimum atomic E-state index is -4.91. The summed E-state index contributed by atoms with van der Waals surface area (Å²) in [6.07, 6.45) is -5.24. The highest BCUT2D eigenvalue weighted by atomic mass is 32.2. The molecule has 0 aliphatic heterocycles. The van der Waals surface area contributed by atoms with Crippen molar-refractivity contribution in [1.82, 2.24) is 4.72 Å². The third kappa shape index (κ3) is 7.37. The zero-order valence-electron chi connectivity index (χ0n) is 16.3. The first-order valence-electron chi connectivity index (χ1n) is 8.57. The van der Waals surface area contributed by atoms with Gasteiger partial charge >= 0.3 is 6.36 Å². The third-order valence-corrected chi connectivity index (χ3v) is 6.17. The summed E-state index contributed by atoms with van der Waals surface area (Å²) < 4.78 is 94.8. The number of methoxy groups -OCH3 is 1. The minimum absolute atomic E-state index is 0.0232. The molecule has 1 amide bonds. The van der Waals surface area contributed by atoms with Crippen LogP contribution in [0.1, 0.15) is 6.42 Å². The van der Waals surface area contributed by atoms with Gasteiger partial charge in [-0.05, 0) is 42.5 Å². The van der Waals surface area contributed by atoms with E-state index >= 15 is 0 Å². The van der Waals surface area contributed by atoms with E-state index in [2.05, 4.69) is 14.8 Å². The molecule has 10 nitrogen and oxygen atoms in total. The summed E-state index contributed by atoms with van der Waals surface area (Å²) in [4.78, 5) is 11.4. The first kappa shape index (κ1) is 25.4. The Labute approximate surface area is 181 Å². The summed E-state index contributed by atoms with van der Waals surface area (Å²) >= 11 is 0. The number of anilines is 1. The Morgan fingerprint density at radius 2 is 1.69 bits per heavy atom. The Morgan fingerprint density at radius 3 is 2.22 bits per heavy atom. The molecular formula is C17H18F3N3O7S2. The standard InChI is InChI=1S/C17H18F3N3O7S2/c1-29-14-7-2-11(10-15(14)31(21,25)26)23-16(24)8-9-22-32(27,28)13-5-3-12(4-6-13)30-17(18,19)20/h2-7,10,22H,8-9H2,1H3,(H,23,24)(H2,21,25,26). The van der Waals surface area contributed by atoms with Gasteiger partial charge in [0.2, 0.25) is 26.0 Å². The monoisotopic (exact) mass is 497 g/mol. The number of nitrogens with one attached hydrogen (secondary N) is 2. The van der Waals surface area contributed by atoms with Gasteiger partial charge in [-0.15, -0.1) is 13.2 Å². The van der Waals surface area contributed by atoms with Crippen molar-refractivity contribution < 1.29 is 44.3 Å². The van der Waals surface area contributed by atoms with Crippen LogP contribution in [0.25, 0.3) is 0 Å². The average molecular weight is 497 g/mol. The lowest BCUT2D eigenvalue weighted by Gasteiger charge is -2.11.